The Morgan fingerprint density at radius 1 is 1.10 bits per heavy atom. The Bertz CT molecular complexity index is 1190. The molecule has 4 aromatic rings. The number of nitrogens with zero attached hydrogens (tertiary/aromatic N) is 3. The minimum absolute atomic E-state index is 0.117. The van der Waals surface area contributed by atoms with E-state index in [9.17, 15) is 4.79 Å². The first-order chi connectivity index (χ1) is 15.0. The van der Waals surface area contributed by atoms with Crippen LogP contribution in [0.25, 0.3) is 5.69 Å². The smallest absolute Gasteiger partial charge is 0.234 e. The molecule has 8 heteroatoms. The molecule has 1 amide bonds. The Kier molecular flexibility index (Phi) is 6.75. The molecule has 5 nitrogen and oxygen atoms in total. The van der Waals surface area contributed by atoms with Gasteiger partial charge in [-0.1, -0.05) is 53.2 Å². The van der Waals surface area contributed by atoms with Gasteiger partial charge in [-0.25, -0.2) is 0 Å². The SMILES string of the molecule is Cc1ccc(-n2c(Cc3cccs3)nnc2SCC(=O)Nc2cccc(Cl)c2C)cc1. The fraction of sp³-hybridized carbons (Fsp3) is 0.174. The maximum atomic E-state index is 12.6. The van der Waals surface area contributed by atoms with Gasteiger partial charge in [0.15, 0.2) is 5.16 Å². The van der Waals surface area contributed by atoms with Crippen LogP contribution in [0.1, 0.15) is 21.8 Å². The van der Waals surface area contributed by atoms with Crippen molar-refractivity contribution in [2.24, 2.45) is 0 Å². The number of hydrogen-bond acceptors (Lipinski definition) is 5. The van der Waals surface area contributed by atoms with E-state index < -0.39 is 0 Å². The zero-order valence-electron chi connectivity index (χ0n) is 17.1. The highest BCUT2D eigenvalue weighted by molar-refractivity contribution is 7.99. The minimum atomic E-state index is -0.117. The van der Waals surface area contributed by atoms with Gasteiger partial charge in [-0.05, 0) is 55.1 Å². The molecular formula is C23H21ClN4OS2. The second kappa shape index (κ2) is 9.68. The lowest BCUT2D eigenvalue weighted by Crippen LogP contribution is -2.15. The molecule has 0 spiro atoms. The van der Waals surface area contributed by atoms with E-state index in [0.29, 0.717) is 16.6 Å². The van der Waals surface area contributed by atoms with Crippen molar-refractivity contribution in [3.63, 3.8) is 0 Å². The second-order valence-electron chi connectivity index (χ2n) is 7.08. The molecule has 2 aromatic heterocycles. The topological polar surface area (TPSA) is 59.8 Å². The first-order valence-electron chi connectivity index (χ1n) is 9.73. The van der Waals surface area contributed by atoms with Gasteiger partial charge in [0.05, 0.1) is 5.75 Å². The maximum Gasteiger partial charge on any atom is 0.234 e. The standard InChI is InChI=1S/C23H21ClN4OS2/c1-15-8-10-17(11-9-15)28-21(13-18-5-4-12-30-18)26-27-23(28)31-14-22(29)25-20-7-3-6-19(24)16(20)2/h3-12H,13-14H2,1-2H3,(H,25,29). The fourth-order valence-electron chi connectivity index (χ4n) is 3.09. The van der Waals surface area contributed by atoms with Crippen molar-refractivity contribution in [3.8, 4) is 5.69 Å². The van der Waals surface area contributed by atoms with Crippen molar-refractivity contribution in [1.82, 2.24) is 14.8 Å². The second-order valence-corrected chi connectivity index (χ2v) is 9.46. The van der Waals surface area contributed by atoms with Gasteiger partial charge in [-0.15, -0.1) is 21.5 Å². The predicted molar refractivity (Wildman–Crippen MR) is 129 cm³/mol. The van der Waals surface area contributed by atoms with E-state index in [1.54, 1.807) is 17.4 Å². The third-order valence-electron chi connectivity index (χ3n) is 4.78. The van der Waals surface area contributed by atoms with Crippen LogP contribution >= 0.6 is 34.7 Å². The van der Waals surface area contributed by atoms with E-state index >= 15 is 0 Å². The number of benzene rings is 2. The van der Waals surface area contributed by atoms with Crippen molar-refractivity contribution in [1.29, 1.82) is 0 Å². The van der Waals surface area contributed by atoms with Crippen LogP contribution in [0.4, 0.5) is 5.69 Å². The number of hydrogen-bond donors (Lipinski definition) is 1. The first-order valence-corrected chi connectivity index (χ1v) is 12.0. The average molecular weight is 469 g/mol. The highest BCUT2D eigenvalue weighted by Crippen LogP contribution is 2.26. The number of rotatable bonds is 7. The monoisotopic (exact) mass is 468 g/mol. The normalized spacial score (nSPS) is 10.9. The van der Waals surface area contributed by atoms with Crippen molar-refractivity contribution in [3.05, 3.63) is 86.8 Å². The van der Waals surface area contributed by atoms with Gasteiger partial charge in [0.1, 0.15) is 5.82 Å². The summed E-state index contributed by atoms with van der Waals surface area (Å²) in [5.41, 5.74) is 3.73. The molecule has 0 fully saturated rings. The first kappa shape index (κ1) is 21.6. The van der Waals surface area contributed by atoms with Crippen LogP contribution in [0.15, 0.2) is 65.1 Å². The van der Waals surface area contributed by atoms with Crippen LogP contribution in [0.5, 0.6) is 0 Å². The number of thioether (sulfide) groups is 1. The van der Waals surface area contributed by atoms with Gasteiger partial charge in [-0.2, -0.15) is 0 Å². The van der Waals surface area contributed by atoms with Crippen LogP contribution in [-0.4, -0.2) is 26.4 Å². The quantitative estimate of drug-likeness (QED) is 0.342. The van der Waals surface area contributed by atoms with Gasteiger partial charge < -0.3 is 5.32 Å². The average Bonchev–Trinajstić information content (AvgIpc) is 3.41. The van der Waals surface area contributed by atoms with E-state index in [0.717, 1.165) is 22.8 Å². The third-order valence-corrected chi connectivity index (χ3v) is 6.99. The summed E-state index contributed by atoms with van der Waals surface area (Å²) in [6, 6.07) is 17.8. The summed E-state index contributed by atoms with van der Waals surface area (Å²) in [4.78, 5) is 13.8. The molecule has 0 aliphatic carbocycles. The van der Waals surface area contributed by atoms with Crippen LogP contribution < -0.4 is 5.32 Å². The molecule has 0 atom stereocenters. The molecule has 158 valence electrons. The molecule has 4 rings (SSSR count). The number of amides is 1. The molecule has 0 aliphatic rings. The number of halogens is 1. The Hall–Kier alpha value is -2.61. The zero-order valence-corrected chi connectivity index (χ0v) is 19.5. The van der Waals surface area contributed by atoms with Crippen LogP contribution in [-0.2, 0) is 11.2 Å². The molecule has 0 aliphatic heterocycles. The molecule has 0 radical (unpaired) electrons. The molecule has 0 unspecified atom stereocenters. The van der Waals surface area contributed by atoms with E-state index in [4.69, 9.17) is 11.6 Å². The van der Waals surface area contributed by atoms with Crippen molar-refractivity contribution in [2.75, 3.05) is 11.1 Å². The Labute approximate surface area is 194 Å². The molecule has 0 saturated carbocycles. The maximum absolute atomic E-state index is 12.6. The largest absolute Gasteiger partial charge is 0.325 e. The fourth-order valence-corrected chi connectivity index (χ4v) is 4.74. The van der Waals surface area contributed by atoms with Gasteiger partial charge >= 0.3 is 0 Å². The highest BCUT2D eigenvalue weighted by atomic mass is 35.5. The summed E-state index contributed by atoms with van der Waals surface area (Å²) >= 11 is 9.21. The van der Waals surface area contributed by atoms with E-state index in [-0.39, 0.29) is 11.7 Å². The Morgan fingerprint density at radius 3 is 2.65 bits per heavy atom. The molecule has 2 aromatic carbocycles. The van der Waals surface area contributed by atoms with Crippen LogP contribution in [0.2, 0.25) is 5.02 Å². The zero-order chi connectivity index (χ0) is 21.8. The molecule has 31 heavy (non-hydrogen) atoms. The molecular weight excluding hydrogens is 448 g/mol. The number of carbonyl (C=O) groups is 1. The molecule has 1 N–H and O–H groups in total. The van der Waals surface area contributed by atoms with Gasteiger partial charge in [-0.3, -0.25) is 9.36 Å². The number of carbonyl (C=O) groups excluding carboxylic acids is 1. The number of aryl methyl sites for hydroxylation is 1. The lowest BCUT2D eigenvalue weighted by molar-refractivity contribution is -0.113. The Balaban J connectivity index is 1.54. The molecule has 0 bridgehead atoms. The number of thiophene rings is 1. The summed E-state index contributed by atoms with van der Waals surface area (Å²) in [6.45, 7) is 3.94. The molecule has 0 saturated heterocycles. The summed E-state index contributed by atoms with van der Waals surface area (Å²) in [7, 11) is 0. The Morgan fingerprint density at radius 2 is 1.90 bits per heavy atom. The van der Waals surface area contributed by atoms with Crippen molar-refractivity contribution < 1.29 is 4.79 Å². The van der Waals surface area contributed by atoms with Crippen LogP contribution in [0.3, 0.4) is 0 Å². The molecule has 2 heterocycles. The van der Waals surface area contributed by atoms with Gasteiger partial charge in [0.2, 0.25) is 5.91 Å². The summed E-state index contributed by atoms with van der Waals surface area (Å²) in [5, 5.41) is 15.1. The van der Waals surface area contributed by atoms with Gasteiger partial charge in [0, 0.05) is 27.7 Å². The van der Waals surface area contributed by atoms with Crippen molar-refractivity contribution >= 4 is 46.3 Å². The summed E-state index contributed by atoms with van der Waals surface area (Å²) in [6.07, 6.45) is 0.688. The lowest BCUT2D eigenvalue weighted by atomic mass is 10.2. The number of aromatic nitrogens is 3. The highest BCUT2D eigenvalue weighted by Gasteiger charge is 2.17. The number of anilines is 1. The van der Waals surface area contributed by atoms with E-state index in [1.807, 2.05) is 29.7 Å². The minimum Gasteiger partial charge on any atom is -0.325 e. The number of nitrogens with one attached hydrogen (secondary N) is 1. The lowest BCUT2D eigenvalue weighted by Gasteiger charge is -2.11. The van der Waals surface area contributed by atoms with Gasteiger partial charge in [0.25, 0.3) is 0 Å². The predicted octanol–water partition coefficient (Wildman–Crippen LogP) is 5.92. The summed E-state index contributed by atoms with van der Waals surface area (Å²) in [5.74, 6) is 0.947. The summed E-state index contributed by atoms with van der Waals surface area (Å²) < 4.78 is 2.03. The van der Waals surface area contributed by atoms with E-state index in [2.05, 4.69) is 58.1 Å². The third kappa shape index (κ3) is 5.18. The van der Waals surface area contributed by atoms with E-state index in [1.165, 1.54) is 22.2 Å². The van der Waals surface area contributed by atoms with Crippen LogP contribution in [0, 0.1) is 13.8 Å². The van der Waals surface area contributed by atoms with Crippen molar-refractivity contribution in [2.45, 2.75) is 25.4 Å².